The zero-order chi connectivity index (χ0) is 13.2. The summed E-state index contributed by atoms with van der Waals surface area (Å²) >= 11 is 6.30. The van der Waals surface area contributed by atoms with E-state index in [4.69, 9.17) is 26.8 Å². The second-order valence-electron chi connectivity index (χ2n) is 5.15. The monoisotopic (exact) mass is 282 g/mol. The Kier molecular flexibility index (Phi) is 3.71. The van der Waals surface area contributed by atoms with Gasteiger partial charge in [-0.15, -0.1) is 0 Å². The Balaban J connectivity index is 1.80. The van der Waals surface area contributed by atoms with E-state index in [0.29, 0.717) is 30.2 Å². The number of halogens is 1. The molecular formula is C14H19ClN2O2. The molecule has 0 amide bonds. The van der Waals surface area contributed by atoms with Gasteiger partial charge in [0, 0.05) is 18.2 Å². The maximum atomic E-state index is 6.30. The molecule has 1 saturated carbocycles. The summed E-state index contributed by atoms with van der Waals surface area (Å²) in [5.41, 5.74) is 6.72. The number of rotatable bonds is 3. The minimum absolute atomic E-state index is 0.407. The molecule has 104 valence electrons. The van der Waals surface area contributed by atoms with Crippen LogP contribution in [0.1, 0.15) is 19.3 Å². The van der Waals surface area contributed by atoms with Crippen LogP contribution in [0.3, 0.4) is 0 Å². The van der Waals surface area contributed by atoms with E-state index in [-0.39, 0.29) is 0 Å². The Bertz CT molecular complexity index is 467. The van der Waals surface area contributed by atoms with Crippen LogP contribution in [0.25, 0.3) is 0 Å². The molecule has 19 heavy (non-hydrogen) atoms. The summed E-state index contributed by atoms with van der Waals surface area (Å²) in [4.78, 5) is 0. The standard InChI is InChI=1S/C14H19ClN2O2/c15-10-6-13-14(19-5-4-18-13)7-12(10)17-11-3-1-2-9(11)8-16/h6-7,9,11,17H,1-5,8,16H2. The first-order valence-electron chi connectivity index (χ1n) is 6.83. The summed E-state index contributed by atoms with van der Waals surface area (Å²) in [6.07, 6.45) is 3.56. The largest absolute Gasteiger partial charge is 0.486 e. The van der Waals surface area contributed by atoms with Crippen molar-refractivity contribution in [1.29, 1.82) is 0 Å². The van der Waals surface area contributed by atoms with Crippen LogP contribution in [0.15, 0.2) is 12.1 Å². The average molecular weight is 283 g/mol. The summed E-state index contributed by atoms with van der Waals surface area (Å²) in [6.45, 7) is 1.89. The number of nitrogens with two attached hydrogens (primary N) is 1. The molecule has 1 aliphatic carbocycles. The molecule has 1 heterocycles. The molecule has 2 atom stereocenters. The summed E-state index contributed by atoms with van der Waals surface area (Å²) < 4.78 is 11.1. The number of ether oxygens (including phenoxy) is 2. The molecule has 1 fully saturated rings. The van der Waals surface area contributed by atoms with E-state index >= 15 is 0 Å². The molecule has 0 saturated heterocycles. The summed E-state index contributed by atoms with van der Waals surface area (Å²) in [6, 6.07) is 4.16. The van der Waals surface area contributed by atoms with Gasteiger partial charge in [-0.1, -0.05) is 18.0 Å². The SMILES string of the molecule is NCC1CCCC1Nc1cc2c(cc1Cl)OCCO2. The van der Waals surface area contributed by atoms with Crippen molar-refractivity contribution in [1.82, 2.24) is 0 Å². The van der Waals surface area contributed by atoms with Crippen molar-refractivity contribution in [2.75, 3.05) is 25.1 Å². The van der Waals surface area contributed by atoms with Crippen LogP contribution in [0.2, 0.25) is 5.02 Å². The molecule has 1 aromatic carbocycles. The van der Waals surface area contributed by atoms with Crippen LogP contribution >= 0.6 is 11.6 Å². The summed E-state index contributed by atoms with van der Waals surface area (Å²) in [5, 5.41) is 4.19. The summed E-state index contributed by atoms with van der Waals surface area (Å²) in [5.74, 6) is 2.02. The fraction of sp³-hybridized carbons (Fsp3) is 0.571. The first kappa shape index (κ1) is 12.9. The van der Waals surface area contributed by atoms with Crippen LogP contribution in [-0.4, -0.2) is 25.8 Å². The van der Waals surface area contributed by atoms with Crippen LogP contribution in [0.4, 0.5) is 5.69 Å². The third kappa shape index (κ3) is 2.60. The second kappa shape index (κ2) is 5.47. The van der Waals surface area contributed by atoms with E-state index in [0.717, 1.165) is 30.2 Å². The van der Waals surface area contributed by atoms with Crippen LogP contribution < -0.4 is 20.5 Å². The number of nitrogens with one attached hydrogen (secondary N) is 1. The highest BCUT2D eigenvalue weighted by Gasteiger charge is 2.27. The van der Waals surface area contributed by atoms with Crippen molar-refractivity contribution in [3.63, 3.8) is 0 Å². The van der Waals surface area contributed by atoms with E-state index in [9.17, 15) is 0 Å². The van der Waals surface area contributed by atoms with Crippen LogP contribution in [0, 0.1) is 5.92 Å². The van der Waals surface area contributed by atoms with E-state index in [2.05, 4.69) is 5.32 Å². The molecule has 4 nitrogen and oxygen atoms in total. The van der Waals surface area contributed by atoms with Crippen molar-refractivity contribution in [3.05, 3.63) is 17.2 Å². The van der Waals surface area contributed by atoms with Gasteiger partial charge in [0.05, 0.1) is 10.7 Å². The second-order valence-corrected chi connectivity index (χ2v) is 5.56. The van der Waals surface area contributed by atoms with E-state index in [1.807, 2.05) is 12.1 Å². The lowest BCUT2D eigenvalue weighted by Gasteiger charge is -2.24. The van der Waals surface area contributed by atoms with Crippen molar-refractivity contribution in [2.24, 2.45) is 11.7 Å². The zero-order valence-electron chi connectivity index (χ0n) is 10.8. The van der Waals surface area contributed by atoms with Crippen molar-refractivity contribution in [2.45, 2.75) is 25.3 Å². The molecular weight excluding hydrogens is 264 g/mol. The Labute approximate surface area is 118 Å². The first-order chi connectivity index (χ1) is 9.28. The number of hydrogen-bond donors (Lipinski definition) is 2. The van der Waals surface area contributed by atoms with Gasteiger partial charge in [0.25, 0.3) is 0 Å². The van der Waals surface area contributed by atoms with Gasteiger partial charge in [0.1, 0.15) is 13.2 Å². The van der Waals surface area contributed by atoms with E-state index in [1.165, 1.54) is 12.8 Å². The first-order valence-corrected chi connectivity index (χ1v) is 7.21. The molecule has 3 rings (SSSR count). The van der Waals surface area contributed by atoms with Gasteiger partial charge in [0.15, 0.2) is 11.5 Å². The van der Waals surface area contributed by atoms with Crippen molar-refractivity contribution >= 4 is 17.3 Å². The Morgan fingerprint density at radius 1 is 1.21 bits per heavy atom. The molecule has 0 aromatic heterocycles. The third-order valence-electron chi connectivity index (χ3n) is 3.93. The number of hydrogen-bond acceptors (Lipinski definition) is 4. The molecule has 3 N–H and O–H groups in total. The number of benzene rings is 1. The maximum Gasteiger partial charge on any atom is 0.163 e. The van der Waals surface area contributed by atoms with Gasteiger partial charge >= 0.3 is 0 Å². The molecule has 0 spiro atoms. The fourth-order valence-electron chi connectivity index (χ4n) is 2.88. The lowest BCUT2D eigenvalue weighted by Crippen LogP contribution is -2.29. The lowest BCUT2D eigenvalue weighted by molar-refractivity contribution is 0.171. The average Bonchev–Trinajstić information content (AvgIpc) is 2.87. The quantitative estimate of drug-likeness (QED) is 0.895. The van der Waals surface area contributed by atoms with Crippen LogP contribution in [0.5, 0.6) is 11.5 Å². The Morgan fingerprint density at radius 2 is 1.95 bits per heavy atom. The fourth-order valence-corrected chi connectivity index (χ4v) is 3.09. The van der Waals surface area contributed by atoms with Gasteiger partial charge in [-0.3, -0.25) is 0 Å². The van der Waals surface area contributed by atoms with Gasteiger partial charge < -0.3 is 20.5 Å². The minimum Gasteiger partial charge on any atom is -0.486 e. The van der Waals surface area contributed by atoms with Gasteiger partial charge in [-0.2, -0.15) is 0 Å². The van der Waals surface area contributed by atoms with Gasteiger partial charge in [-0.05, 0) is 25.3 Å². The predicted octanol–water partition coefficient (Wildman–Crippen LogP) is 2.65. The molecule has 0 radical (unpaired) electrons. The maximum absolute atomic E-state index is 6.30. The number of anilines is 1. The molecule has 5 heteroatoms. The highest BCUT2D eigenvalue weighted by Crippen LogP contribution is 2.39. The van der Waals surface area contributed by atoms with E-state index in [1.54, 1.807) is 0 Å². The highest BCUT2D eigenvalue weighted by atomic mass is 35.5. The van der Waals surface area contributed by atoms with E-state index < -0.39 is 0 Å². The Hall–Kier alpha value is -1.13. The van der Waals surface area contributed by atoms with Gasteiger partial charge in [0.2, 0.25) is 0 Å². The van der Waals surface area contributed by atoms with Crippen LogP contribution in [-0.2, 0) is 0 Å². The topological polar surface area (TPSA) is 56.5 Å². The Morgan fingerprint density at radius 3 is 2.68 bits per heavy atom. The zero-order valence-corrected chi connectivity index (χ0v) is 11.6. The smallest absolute Gasteiger partial charge is 0.163 e. The summed E-state index contributed by atoms with van der Waals surface area (Å²) in [7, 11) is 0. The molecule has 2 unspecified atom stereocenters. The molecule has 2 aliphatic rings. The predicted molar refractivity (Wildman–Crippen MR) is 76.2 cm³/mol. The third-order valence-corrected chi connectivity index (χ3v) is 4.25. The number of fused-ring (bicyclic) bond motifs is 1. The van der Waals surface area contributed by atoms with Crippen molar-refractivity contribution in [3.8, 4) is 11.5 Å². The normalized spacial score (nSPS) is 25.4. The minimum atomic E-state index is 0.407. The van der Waals surface area contributed by atoms with Crippen molar-refractivity contribution < 1.29 is 9.47 Å². The van der Waals surface area contributed by atoms with Gasteiger partial charge in [-0.25, -0.2) is 0 Å². The lowest BCUT2D eigenvalue weighted by atomic mass is 10.0. The highest BCUT2D eigenvalue weighted by molar-refractivity contribution is 6.33. The molecule has 1 aromatic rings. The molecule has 0 bridgehead atoms. The molecule has 1 aliphatic heterocycles.